The molecule has 0 unspecified atom stereocenters. The molecule has 0 saturated heterocycles. The van der Waals surface area contributed by atoms with E-state index in [-0.39, 0.29) is 9.92 Å². The van der Waals surface area contributed by atoms with Crippen LogP contribution in [0.1, 0.15) is 5.56 Å². The Balaban J connectivity index is 2.12. The van der Waals surface area contributed by atoms with Gasteiger partial charge in [0.05, 0.1) is 15.6 Å². The predicted molar refractivity (Wildman–Crippen MR) is 88.3 cm³/mol. The van der Waals surface area contributed by atoms with Gasteiger partial charge in [0.25, 0.3) is 0 Å². The zero-order chi connectivity index (χ0) is 16.3. The monoisotopic (exact) mass is 357 g/mol. The van der Waals surface area contributed by atoms with Crippen molar-refractivity contribution >= 4 is 44.6 Å². The number of rotatable bonds is 4. The van der Waals surface area contributed by atoms with Crippen molar-refractivity contribution in [3.63, 3.8) is 0 Å². The molecular weight excluding hydrogens is 345 g/mol. The van der Waals surface area contributed by atoms with Gasteiger partial charge in [0, 0.05) is 5.02 Å². The van der Waals surface area contributed by atoms with Crippen LogP contribution in [0.2, 0.25) is 10.0 Å². The predicted octanol–water partition coefficient (Wildman–Crippen LogP) is 3.71. The number of sulfone groups is 1. The molecule has 0 aliphatic rings. The van der Waals surface area contributed by atoms with Crippen molar-refractivity contribution in [2.24, 2.45) is 0 Å². The molecule has 2 aromatic carbocycles. The summed E-state index contributed by atoms with van der Waals surface area (Å²) in [5, 5.41) is 3.14. The summed E-state index contributed by atoms with van der Waals surface area (Å²) in [6.45, 7) is 1.85. The molecule has 2 rings (SSSR count). The van der Waals surface area contributed by atoms with Crippen LogP contribution in [0.4, 0.5) is 5.69 Å². The van der Waals surface area contributed by atoms with Gasteiger partial charge in [-0.3, -0.25) is 4.79 Å². The van der Waals surface area contributed by atoms with Crippen LogP contribution in [0.3, 0.4) is 0 Å². The van der Waals surface area contributed by atoms with Gasteiger partial charge in [0.1, 0.15) is 5.75 Å². The Hall–Kier alpha value is -1.56. The SMILES string of the molecule is Cc1ccc(S(=O)(=O)CC(=O)Nc2ccc(Cl)cc2Cl)cc1. The van der Waals surface area contributed by atoms with Crippen molar-refractivity contribution in [3.8, 4) is 0 Å². The third-order valence-corrected chi connectivity index (χ3v) is 5.09. The van der Waals surface area contributed by atoms with E-state index in [1.54, 1.807) is 18.2 Å². The fourth-order valence-corrected chi connectivity index (χ4v) is 3.37. The third kappa shape index (κ3) is 4.22. The van der Waals surface area contributed by atoms with Crippen molar-refractivity contribution in [1.29, 1.82) is 0 Å². The fourth-order valence-electron chi connectivity index (χ4n) is 1.78. The molecule has 0 heterocycles. The third-order valence-electron chi connectivity index (χ3n) is 2.91. The van der Waals surface area contributed by atoms with Gasteiger partial charge in [-0.05, 0) is 37.3 Å². The Kier molecular flexibility index (Phi) is 5.11. The fraction of sp³-hybridized carbons (Fsp3) is 0.133. The maximum Gasteiger partial charge on any atom is 0.240 e. The van der Waals surface area contributed by atoms with Crippen LogP contribution in [-0.4, -0.2) is 20.1 Å². The highest BCUT2D eigenvalue weighted by Crippen LogP contribution is 2.25. The average Bonchev–Trinajstić information content (AvgIpc) is 2.42. The molecule has 7 heteroatoms. The summed E-state index contributed by atoms with van der Waals surface area (Å²) in [6, 6.07) is 10.9. The molecule has 0 aliphatic heterocycles. The van der Waals surface area contributed by atoms with Gasteiger partial charge >= 0.3 is 0 Å². The number of aryl methyl sites for hydroxylation is 1. The second kappa shape index (κ2) is 6.69. The van der Waals surface area contributed by atoms with Gasteiger partial charge < -0.3 is 5.32 Å². The first-order valence-electron chi connectivity index (χ1n) is 6.32. The number of carbonyl (C=O) groups excluding carboxylic acids is 1. The van der Waals surface area contributed by atoms with Crippen molar-refractivity contribution in [2.45, 2.75) is 11.8 Å². The van der Waals surface area contributed by atoms with Gasteiger partial charge in [-0.2, -0.15) is 0 Å². The lowest BCUT2D eigenvalue weighted by atomic mass is 10.2. The second-order valence-electron chi connectivity index (χ2n) is 4.74. The van der Waals surface area contributed by atoms with Gasteiger partial charge in [-0.1, -0.05) is 40.9 Å². The summed E-state index contributed by atoms with van der Waals surface area (Å²) in [5.74, 6) is -1.32. The molecule has 0 spiro atoms. The molecule has 116 valence electrons. The minimum atomic E-state index is -3.70. The summed E-state index contributed by atoms with van der Waals surface area (Å²) in [5.41, 5.74) is 1.26. The summed E-state index contributed by atoms with van der Waals surface area (Å²) >= 11 is 11.7. The lowest BCUT2D eigenvalue weighted by Gasteiger charge is -2.08. The highest BCUT2D eigenvalue weighted by molar-refractivity contribution is 7.92. The minimum Gasteiger partial charge on any atom is -0.324 e. The normalized spacial score (nSPS) is 11.2. The first-order valence-corrected chi connectivity index (χ1v) is 8.73. The lowest BCUT2D eigenvalue weighted by molar-refractivity contribution is -0.113. The largest absolute Gasteiger partial charge is 0.324 e. The Morgan fingerprint density at radius 1 is 1.09 bits per heavy atom. The molecular formula is C15H13Cl2NO3S. The Morgan fingerprint density at radius 2 is 1.73 bits per heavy atom. The average molecular weight is 358 g/mol. The smallest absolute Gasteiger partial charge is 0.240 e. The maximum absolute atomic E-state index is 12.2. The van der Waals surface area contributed by atoms with Gasteiger partial charge in [0.2, 0.25) is 5.91 Å². The number of amides is 1. The molecule has 22 heavy (non-hydrogen) atoms. The topological polar surface area (TPSA) is 63.2 Å². The van der Waals surface area contributed by atoms with Crippen molar-refractivity contribution in [2.75, 3.05) is 11.1 Å². The molecule has 0 aliphatic carbocycles. The molecule has 1 amide bonds. The van der Waals surface area contributed by atoms with E-state index >= 15 is 0 Å². The van der Waals surface area contributed by atoms with Crippen LogP contribution in [0.25, 0.3) is 0 Å². The van der Waals surface area contributed by atoms with E-state index in [2.05, 4.69) is 5.32 Å². The standard InChI is InChI=1S/C15H13Cl2NO3S/c1-10-2-5-12(6-3-10)22(20,21)9-15(19)18-14-7-4-11(16)8-13(14)17/h2-8H,9H2,1H3,(H,18,19). The summed E-state index contributed by atoms with van der Waals surface area (Å²) in [7, 11) is -3.70. The quantitative estimate of drug-likeness (QED) is 0.906. The number of halogens is 2. The number of benzene rings is 2. The van der Waals surface area contributed by atoms with E-state index in [0.29, 0.717) is 10.7 Å². The molecule has 0 bridgehead atoms. The molecule has 0 radical (unpaired) electrons. The molecule has 0 fully saturated rings. The zero-order valence-corrected chi connectivity index (χ0v) is 14.0. The first kappa shape index (κ1) is 16.8. The molecule has 2 aromatic rings. The van der Waals surface area contributed by atoms with Crippen molar-refractivity contribution in [1.82, 2.24) is 0 Å². The maximum atomic E-state index is 12.2. The molecule has 0 saturated carbocycles. The van der Waals surface area contributed by atoms with Crippen LogP contribution in [0, 0.1) is 6.92 Å². The van der Waals surface area contributed by atoms with E-state index in [1.165, 1.54) is 24.3 Å². The van der Waals surface area contributed by atoms with Gasteiger partial charge in [-0.15, -0.1) is 0 Å². The summed E-state index contributed by atoms with van der Waals surface area (Å²) < 4.78 is 24.3. The van der Waals surface area contributed by atoms with E-state index in [9.17, 15) is 13.2 Å². The Bertz CT molecular complexity index is 802. The highest BCUT2D eigenvalue weighted by atomic mass is 35.5. The second-order valence-corrected chi connectivity index (χ2v) is 7.58. The molecule has 4 nitrogen and oxygen atoms in total. The molecule has 1 N–H and O–H groups in total. The zero-order valence-electron chi connectivity index (χ0n) is 11.6. The van der Waals surface area contributed by atoms with Gasteiger partial charge in [0.15, 0.2) is 9.84 Å². The molecule has 0 aromatic heterocycles. The number of nitrogens with one attached hydrogen (secondary N) is 1. The molecule has 0 atom stereocenters. The van der Waals surface area contributed by atoms with Gasteiger partial charge in [-0.25, -0.2) is 8.42 Å². The van der Waals surface area contributed by atoms with E-state index in [0.717, 1.165) is 5.56 Å². The van der Waals surface area contributed by atoms with Crippen LogP contribution < -0.4 is 5.32 Å². The van der Waals surface area contributed by atoms with Crippen LogP contribution in [0.5, 0.6) is 0 Å². The number of hydrogen-bond acceptors (Lipinski definition) is 3. The van der Waals surface area contributed by atoms with E-state index in [1.807, 2.05) is 6.92 Å². The first-order chi connectivity index (χ1) is 10.3. The highest BCUT2D eigenvalue weighted by Gasteiger charge is 2.19. The van der Waals surface area contributed by atoms with E-state index < -0.39 is 21.5 Å². The summed E-state index contributed by atoms with van der Waals surface area (Å²) in [4.78, 5) is 12.0. The van der Waals surface area contributed by atoms with Crippen molar-refractivity contribution in [3.05, 3.63) is 58.1 Å². The minimum absolute atomic E-state index is 0.107. The summed E-state index contributed by atoms with van der Waals surface area (Å²) in [6.07, 6.45) is 0. The number of anilines is 1. The number of carbonyl (C=O) groups is 1. The van der Waals surface area contributed by atoms with Crippen molar-refractivity contribution < 1.29 is 13.2 Å². The Labute approximate surface area is 139 Å². The number of hydrogen-bond donors (Lipinski definition) is 1. The Morgan fingerprint density at radius 3 is 2.32 bits per heavy atom. The van der Waals surface area contributed by atoms with Crippen LogP contribution in [-0.2, 0) is 14.6 Å². The van der Waals surface area contributed by atoms with E-state index in [4.69, 9.17) is 23.2 Å². The van der Waals surface area contributed by atoms with Crippen LogP contribution >= 0.6 is 23.2 Å². The van der Waals surface area contributed by atoms with Crippen LogP contribution in [0.15, 0.2) is 47.4 Å². The lowest BCUT2D eigenvalue weighted by Crippen LogP contribution is -2.23.